The van der Waals surface area contributed by atoms with Crippen molar-refractivity contribution < 1.29 is 5.11 Å². The fourth-order valence-corrected chi connectivity index (χ4v) is 5.77. The highest BCUT2D eigenvalue weighted by molar-refractivity contribution is 8.03. The Morgan fingerprint density at radius 2 is 2.00 bits per heavy atom. The number of β-amino-alcohol motifs (C(OH)–C–C–N with tert-alkyl or cyclic N) is 1. The topological polar surface area (TPSA) is 26.7 Å². The van der Waals surface area contributed by atoms with Gasteiger partial charge in [0.2, 0.25) is 0 Å². The smallest absolute Gasteiger partial charge is 0.0558 e. The largest absolute Gasteiger partial charge is 0.395 e. The van der Waals surface area contributed by atoms with Crippen molar-refractivity contribution in [3.63, 3.8) is 0 Å². The van der Waals surface area contributed by atoms with E-state index in [-0.39, 0.29) is 0 Å². The van der Waals surface area contributed by atoms with Crippen LogP contribution in [0.1, 0.15) is 12.8 Å². The Kier molecular flexibility index (Phi) is 7.37. The van der Waals surface area contributed by atoms with Gasteiger partial charge in [-0.25, -0.2) is 0 Å². The molecule has 1 atom stereocenters. The molecular weight excluding hydrogens is 276 g/mol. The molecule has 5 heteroatoms. The zero-order valence-electron chi connectivity index (χ0n) is 12.1. The van der Waals surface area contributed by atoms with Gasteiger partial charge in [0.05, 0.1) is 6.61 Å². The maximum absolute atomic E-state index is 9.06. The van der Waals surface area contributed by atoms with E-state index < -0.39 is 0 Å². The summed E-state index contributed by atoms with van der Waals surface area (Å²) in [5.74, 6) is 6.04. The monoisotopic (exact) mass is 304 g/mol. The number of rotatable bonds is 5. The summed E-state index contributed by atoms with van der Waals surface area (Å²) in [6.45, 7) is 4.75. The van der Waals surface area contributed by atoms with Gasteiger partial charge >= 0.3 is 0 Å². The molecule has 2 rings (SSSR count). The molecule has 112 valence electrons. The quantitative estimate of drug-likeness (QED) is 0.830. The molecule has 2 aliphatic heterocycles. The van der Waals surface area contributed by atoms with Crippen LogP contribution in [0, 0.1) is 5.92 Å². The van der Waals surface area contributed by atoms with E-state index in [2.05, 4.69) is 40.4 Å². The van der Waals surface area contributed by atoms with Crippen LogP contribution < -0.4 is 0 Å². The minimum absolute atomic E-state index is 0.304. The van der Waals surface area contributed by atoms with Crippen molar-refractivity contribution in [2.24, 2.45) is 5.92 Å². The zero-order valence-corrected chi connectivity index (χ0v) is 13.7. The van der Waals surface area contributed by atoms with Crippen LogP contribution in [0.15, 0.2) is 0 Å². The van der Waals surface area contributed by atoms with Crippen LogP contribution in [0.4, 0.5) is 0 Å². The van der Waals surface area contributed by atoms with E-state index in [4.69, 9.17) is 5.11 Å². The molecule has 0 aromatic heterocycles. The lowest BCUT2D eigenvalue weighted by atomic mass is 9.97. The average Bonchev–Trinajstić information content (AvgIpc) is 2.68. The molecule has 0 radical (unpaired) electrons. The van der Waals surface area contributed by atoms with Gasteiger partial charge in [-0.1, -0.05) is 0 Å². The molecule has 3 nitrogen and oxygen atoms in total. The number of hydrogen-bond acceptors (Lipinski definition) is 5. The number of thioether (sulfide) groups is 2. The normalized spacial score (nSPS) is 27.6. The van der Waals surface area contributed by atoms with Crippen LogP contribution in [-0.4, -0.2) is 83.8 Å². The standard InChI is InChI=1S/C14H28N2OS2/c1-15(14-11-18-7-8-19-12-14)9-13-3-2-4-16(10-13)5-6-17/h13-14,17H,2-12H2,1H3. The van der Waals surface area contributed by atoms with Crippen molar-refractivity contribution in [1.29, 1.82) is 0 Å². The molecule has 2 saturated heterocycles. The first-order valence-corrected chi connectivity index (χ1v) is 9.79. The Morgan fingerprint density at radius 1 is 1.26 bits per heavy atom. The SMILES string of the molecule is CN(CC1CCCN(CCO)C1)C1CSCCSC1. The minimum atomic E-state index is 0.304. The first-order chi connectivity index (χ1) is 9.29. The summed E-state index contributed by atoms with van der Waals surface area (Å²) >= 11 is 4.23. The Labute approximate surface area is 126 Å². The second kappa shape index (κ2) is 8.78. The molecule has 0 aromatic rings. The van der Waals surface area contributed by atoms with Gasteiger partial charge < -0.3 is 14.9 Å². The highest BCUT2D eigenvalue weighted by Gasteiger charge is 2.24. The zero-order chi connectivity index (χ0) is 13.5. The van der Waals surface area contributed by atoms with Gasteiger partial charge in [-0.3, -0.25) is 0 Å². The molecule has 0 aromatic carbocycles. The van der Waals surface area contributed by atoms with Crippen molar-refractivity contribution in [3.05, 3.63) is 0 Å². The van der Waals surface area contributed by atoms with E-state index in [1.807, 2.05) is 0 Å². The number of nitrogens with zero attached hydrogens (tertiary/aromatic N) is 2. The molecule has 0 saturated carbocycles. The molecule has 0 amide bonds. The predicted octanol–water partition coefficient (Wildman–Crippen LogP) is 1.47. The van der Waals surface area contributed by atoms with Gasteiger partial charge in [-0.05, 0) is 32.4 Å². The van der Waals surface area contributed by atoms with Crippen LogP contribution in [-0.2, 0) is 0 Å². The van der Waals surface area contributed by atoms with Crippen LogP contribution in [0.5, 0.6) is 0 Å². The van der Waals surface area contributed by atoms with Gasteiger partial charge in [-0.2, -0.15) is 23.5 Å². The second-order valence-electron chi connectivity index (χ2n) is 5.78. The van der Waals surface area contributed by atoms with Crippen LogP contribution in [0.3, 0.4) is 0 Å². The third-order valence-corrected chi connectivity index (χ3v) is 6.67. The lowest BCUT2D eigenvalue weighted by Gasteiger charge is -2.36. The second-order valence-corrected chi connectivity index (χ2v) is 8.08. The Bertz CT molecular complexity index is 246. The third-order valence-electron chi connectivity index (χ3n) is 4.18. The number of likely N-dealkylation sites (tertiary alicyclic amines) is 1. The Balaban J connectivity index is 1.75. The van der Waals surface area contributed by atoms with Gasteiger partial charge in [0.25, 0.3) is 0 Å². The Morgan fingerprint density at radius 3 is 2.68 bits per heavy atom. The summed E-state index contributed by atoms with van der Waals surface area (Å²) in [5, 5.41) is 9.06. The molecule has 2 fully saturated rings. The first kappa shape index (κ1) is 16.0. The molecule has 2 heterocycles. The molecule has 0 aliphatic carbocycles. The maximum Gasteiger partial charge on any atom is 0.0558 e. The molecule has 1 N–H and O–H groups in total. The van der Waals surface area contributed by atoms with E-state index in [0.717, 1.165) is 18.5 Å². The summed E-state index contributed by atoms with van der Waals surface area (Å²) in [7, 11) is 2.31. The van der Waals surface area contributed by atoms with E-state index in [0.29, 0.717) is 6.61 Å². The molecule has 0 bridgehead atoms. The molecule has 2 aliphatic rings. The average molecular weight is 305 g/mol. The van der Waals surface area contributed by atoms with Gasteiger partial charge in [0.1, 0.15) is 0 Å². The van der Waals surface area contributed by atoms with Crippen molar-refractivity contribution in [2.45, 2.75) is 18.9 Å². The molecular formula is C14H28N2OS2. The lowest BCUT2D eigenvalue weighted by Crippen LogP contribution is -2.44. The van der Waals surface area contributed by atoms with Crippen LogP contribution >= 0.6 is 23.5 Å². The molecule has 1 unspecified atom stereocenters. The van der Waals surface area contributed by atoms with E-state index in [1.165, 1.54) is 55.5 Å². The maximum atomic E-state index is 9.06. The molecule has 0 spiro atoms. The van der Waals surface area contributed by atoms with Crippen molar-refractivity contribution in [1.82, 2.24) is 9.80 Å². The highest BCUT2D eigenvalue weighted by Crippen LogP contribution is 2.22. The predicted molar refractivity (Wildman–Crippen MR) is 87.3 cm³/mol. The van der Waals surface area contributed by atoms with E-state index in [9.17, 15) is 0 Å². The minimum Gasteiger partial charge on any atom is -0.395 e. The van der Waals surface area contributed by atoms with Gasteiger partial charge in [0.15, 0.2) is 0 Å². The highest BCUT2D eigenvalue weighted by atomic mass is 32.2. The van der Waals surface area contributed by atoms with Crippen molar-refractivity contribution >= 4 is 23.5 Å². The van der Waals surface area contributed by atoms with Crippen LogP contribution in [0.2, 0.25) is 0 Å². The van der Waals surface area contributed by atoms with E-state index >= 15 is 0 Å². The van der Waals surface area contributed by atoms with Crippen LogP contribution in [0.25, 0.3) is 0 Å². The number of hydrogen-bond donors (Lipinski definition) is 1. The summed E-state index contributed by atoms with van der Waals surface area (Å²) < 4.78 is 0. The lowest BCUT2D eigenvalue weighted by molar-refractivity contribution is 0.114. The summed E-state index contributed by atoms with van der Waals surface area (Å²) in [4.78, 5) is 5.02. The van der Waals surface area contributed by atoms with Crippen molar-refractivity contribution in [2.75, 3.05) is 62.8 Å². The van der Waals surface area contributed by atoms with Crippen molar-refractivity contribution in [3.8, 4) is 0 Å². The first-order valence-electron chi connectivity index (χ1n) is 7.48. The summed E-state index contributed by atoms with van der Waals surface area (Å²) in [6.07, 6.45) is 2.66. The van der Waals surface area contributed by atoms with E-state index in [1.54, 1.807) is 0 Å². The Hall–Kier alpha value is 0.580. The number of aliphatic hydroxyl groups is 1. The fraction of sp³-hybridized carbons (Fsp3) is 1.00. The summed E-state index contributed by atoms with van der Waals surface area (Å²) in [6, 6.07) is 0.755. The van der Waals surface area contributed by atoms with Gasteiger partial charge in [-0.15, -0.1) is 0 Å². The fourth-order valence-electron chi connectivity index (χ4n) is 3.06. The summed E-state index contributed by atoms with van der Waals surface area (Å²) in [5.41, 5.74) is 0. The third kappa shape index (κ3) is 5.46. The number of piperidine rings is 1. The molecule has 19 heavy (non-hydrogen) atoms. The number of aliphatic hydroxyl groups excluding tert-OH is 1. The van der Waals surface area contributed by atoms with Gasteiger partial charge in [0, 0.05) is 48.7 Å².